The molecule has 0 spiro atoms. The van der Waals surface area contributed by atoms with Crippen LogP contribution in [0.15, 0.2) is 42.5 Å². The van der Waals surface area contributed by atoms with Gasteiger partial charge in [-0.05, 0) is 36.9 Å². The molecular weight excluding hydrogens is 232 g/mol. The van der Waals surface area contributed by atoms with Crippen molar-refractivity contribution in [2.24, 2.45) is 0 Å². The predicted octanol–water partition coefficient (Wildman–Crippen LogP) is 3.44. The van der Waals surface area contributed by atoms with Crippen molar-refractivity contribution in [2.45, 2.75) is 19.9 Å². The second kappa shape index (κ2) is 6.69. The molecule has 0 heterocycles. The smallest absolute Gasteiger partial charge is 0.0298 e. The van der Waals surface area contributed by atoms with Crippen LogP contribution < -0.4 is 5.32 Å². The van der Waals surface area contributed by atoms with Crippen LogP contribution in [0.5, 0.6) is 0 Å². The first kappa shape index (κ1) is 14.0. The monoisotopic (exact) mass is 256 g/mol. The van der Waals surface area contributed by atoms with Gasteiger partial charge in [-0.3, -0.25) is 0 Å². The van der Waals surface area contributed by atoms with Crippen molar-refractivity contribution in [3.8, 4) is 0 Å². The Hall–Kier alpha value is -1.38. The minimum Gasteiger partial charge on any atom is -0.309 e. The molecule has 19 heavy (non-hydrogen) atoms. The van der Waals surface area contributed by atoms with Crippen LogP contribution >= 0.6 is 0 Å². The van der Waals surface area contributed by atoms with Crippen LogP contribution in [0, 0.1) is 0 Å². The van der Waals surface area contributed by atoms with Gasteiger partial charge in [0.15, 0.2) is 0 Å². The van der Waals surface area contributed by atoms with Crippen molar-refractivity contribution in [3.05, 3.63) is 48.0 Å². The van der Waals surface area contributed by atoms with Gasteiger partial charge in [0, 0.05) is 19.1 Å². The summed E-state index contributed by atoms with van der Waals surface area (Å²) in [6, 6.07) is 15.5. The van der Waals surface area contributed by atoms with Crippen LogP contribution in [0.3, 0.4) is 0 Å². The fourth-order valence-corrected chi connectivity index (χ4v) is 2.37. The van der Waals surface area contributed by atoms with Gasteiger partial charge in [0.25, 0.3) is 0 Å². The van der Waals surface area contributed by atoms with E-state index in [1.54, 1.807) is 0 Å². The highest BCUT2D eigenvalue weighted by molar-refractivity contribution is 5.86. The van der Waals surface area contributed by atoms with Crippen molar-refractivity contribution in [1.82, 2.24) is 10.2 Å². The number of benzene rings is 2. The molecule has 0 amide bonds. The highest BCUT2D eigenvalue weighted by Crippen LogP contribution is 2.23. The summed E-state index contributed by atoms with van der Waals surface area (Å²) >= 11 is 0. The van der Waals surface area contributed by atoms with E-state index < -0.39 is 0 Å². The second-order valence-corrected chi connectivity index (χ2v) is 5.14. The van der Waals surface area contributed by atoms with Crippen LogP contribution in [0.25, 0.3) is 10.8 Å². The minimum absolute atomic E-state index is 0.386. The lowest BCUT2D eigenvalue weighted by molar-refractivity contribution is 0.342. The molecule has 2 aromatic rings. The lowest BCUT2D eigenvalue weighted by atomic mass is 10.00. The Labute approximate surface area is 116 Å². The molecule has 0 fully saturated rings. The van der Waals surface area contributed by atoms with E-state index in [1.807, 2.05) is 0 Å². The topological polar surface area (TPSA) is 15.3 Å². The van der Waals surface area contributed by atoms with Gasteiger partial charge in [-0.15, -0.1) is 0 Å². The quantitative estimate of drug-likeness (QED) is 0.851. The molecule has 0 aromatic heterocycles. The summed E-state index contributed by atoms with van der Waals surface area (Å²) in [5, 5.41) is 6.29. The van der Waals surface area contributed by atoms with Crippen molar-refractivity contribution < 1.29 is 0 Å². The van der Waals surface area contributed by atoms with Gasteiger partial charge in [0.05, 0.1) is 0 Å². The Morgan fingerprint density at radius 2 is 1.84 bits per heavy atom. The molecule has 1 atom stereocenters. The lowest BCUT2D eigenvalue weighted by Crippen LogP contribution is -2.30. The molecule has 0 saturated heterocycles. The Bertz CT molecular complexity index is 516. The molecule has 1 unspecified atom stereocenters. The molecule has 2 rings (SSSR count). The highest BCUT2D eigenvalue weighted by Gasteiger charge is 2.08. The van der Waals surface area contributed by atoms with Gasteiger partial charge in [-0.1, -0.05) is 49.4 Å². The van der Waals surface area contributed by atoms with Gasteiger partial charge in [-0.25, -0.2) is 0 Å². The first-order valence-corrected chi connectivity index (χ1v) is 7.12. The van der Waals surface area contributed by atoms with Gasteiger partial charge in [0.2, 0.25) is 0 Å². The maximum atomic E-state index is 3.61. The van der Waals surface area contributed by atoms with E-state index in [9.17, 15) is 0 Å². The zero-order chi connectivity index (χ0) is 13.7. The number of fused-ring (bicyclic) bond motifs is 1. The molecule has 0 aliphatic rings. The average molecular weight is 256 g/mol. The van der Waals surface area contributed by atoms with Crippen LogP contribution in [0.1, 0.15) is 25.5 Å². The van der Waals surface area contributed by atoms with E-state index in [4.69, 9.17) is 0 Å². The second-order valence-electron chi connectivity index (χ2n) is 5.14. The Morgan fingerprint density at radius 3 is 2.63 bits per heavy atom. The Morgan fingerprint density at radius 1 is 1.11 bits per heavy atom. The zero-order valence-electron chi connectivity index (χ0n) is 12.2. The fourth-order valence-electron chi connectivity index (χ4n) is 2.37. The van der Waals surface area contributed by atoms with Gasteiger partial charge < -0.3 is 10.2 Å². The molecule has 0 saturated carbocycles. The standard InChI is InChI=1S/C17H24N2/c1-4-19(3)13-12-18-14(2)16-11-7-9-15-8-5-6-10-17(15)16/h5-11,14,18H,4,12-13H2,1-3H3. The van der Waals surface area contributed by atoms with Crippen LogP contribution in [-0.2, 0) is 0 Å². The van der Waals surface area contributed by atoms with Crippen LogP contribution in [0.2, 0.25) is 0 Å². The summed E-state index contributed by atoms with van der Waals surface area (Å²) in [6.45, 7) is 7.65. The summed E-state index contributed by atoms with van der Waals surface area (Å²) in [5.41, 5.74) is 1.39. The molecule has 0 bridgehead atoms. The number of hydrogen-bond acceptors (Lipinski definition) is 2. The molecule has 0 aliphatic carbocycles. The average Bonchev–Trinajstić information content (AvgIpc) is 2.46. The molecule has 102 valence electrons. The third-order valence-electron chi connectivity index (χ3n) is 3.77. The van der Waals surface area contributed by atoms with Gasteiger partial charge >= 0.3 is 0 Å². The van der Waals surface area contributed by atoms with E-state index in [0.29, 0.717) is 6.04 Å². The molecule has 2 aromatic carbocycles. The van der Waals surface area contributed by atoms with Gasteiger partial charge in [-0.2, -0.15) is 0 Å². The maximum Gasteiger partial charge on any atom is 0.0298 e. The van der Waals surface area contributed by atoms with Crippen molar-refractivity contribution in [1.29, 1.82) is 0 Å². The molecule has 0 radical (unpaired) electrons. The van der Waals surface area contributed by atoms with E-state index in [2.05, 4.69) is 73.6 Å². The number of nitrogens with one attached hydrogen (secondary N) is 1. The molecular formula is C17H24N2. The number of nitrogens with zero attached hydrogens (tertiary/aromatic N) is 1. The first-order chi connectivity index (χ1) is 9.22. The summed E-state index contributed by atoms with van der Waals surface area (Å²) in [5.74, 6) is 0. The summed E-state index contributed by atoms with van der Waals surface area (Å²) in [6.07, 6.45) is 0. The molecule has 2 nitrogen and oxygen atoms in total. The van der Waals surface area contributed by atoms with Crippen molar-refractivity contribution in [2.75, 3.05) is 26.7 Å². The van der Waals surface area contributed by atoms with E-state index in [1.165, 1.54) is 16.3 Å². The van der Waals surface area contributed by atoms with Crippen LogP contribution in [0.4, 0.5) is 0 Å². The SMILES string of the molecule is CCN(C)CCNC(C)c1cccc2ccccc12. The predicted molar refractivity (Wildman–Crippen MR) is 83.5 cm³/mol. The summed E-state index contributed by atoms with van der Waals surface area (Å²) < 4.78 is 0. The maximum absolute atomic E-state index is 3.61. The minimum atomic E-state index is 0.386. The molecule has 0 aliphatic heterocycles. The Kier molecular flexibility index (Phi) is 4.94. The third-order valence-corrected chi connectivity index (χ3v) is 3.77. The lowest BCUT2D eigenvalue weighted by Gasteiger charge is -2.19. The third kappa shape index (κ3) is 3.55. The normalized spacial score (nSPS) is 13.1. The summed E-state index contributed by atoms with van der Waals surface area (Å²) in [4.78, 5) is 2.32. The largest absolute Gasteiger partial charge is 0.309 e. The zero-order valence-corrected chi connectivity index (χ0v) is 12.2. The number of likely N-dealkylation sites (N-methyl/N-ethyl adjacent to an activating group) is 1. The van der Waals surface area contributed by atoms with E-state index in [0.717, 1.165) is 19.6 Å². The highest BCUT2D eigenvalue weighted by atomic mass is 15.1. The molecule has 1 N–H and O–H groups in total. The van der Waals surface area contributed by atoms with Gasteiger partial charge in [0.1, 0.15) is 0 Å². The van der Waals surface area contributed by atoms with E-state index >= 15 is 0 Å². The van der Waals surface area contributed by atoms with Crippen molar-refractivity contribution in [3.63, 3.8) is 0 Å². The molecule has 2 heteroatoms. The number of rotatable bonds is 6. The van der Waals surface area contributed by atoms with Crippen molar-refractivity contribution >= 4 is 10.8 Å². The number of hydrogen-bond donors (Lipinski definition) is 1. The fraction of sp³-hybridized carbons (Fsp3) is 0.412. The first-order valence-electron chi connectivity index (χ1n) is 7.12. The summed E-state index contributed by atoms with van der Waals surface area (Å²) in [7, 11) is 2.16. The van der Waals surface area contributed by atoms with Crippen LogP contribution in [-0.4, -0.2) is 31.6 Å². The van der Waals surface area contributed by atoms with E-state index in [-0.39, 0.29) is 0 Å². The Balaban J connectivity index is 2.07.